The van der Waals surface area contributed by atoms with Gasteiger partial charge < -0.3 is 25.2 Å². The number of rotatable bonds is 3. The molecule has 0 saturated carbocycles. The van der Waals surface area contributed by atoms with Crippen LogP contribution in [0.4, 0.5) is 5.95 Å². The van der Waals surface area contributed by atoms with Crippen LogP contribution in [-0.4, -0.2) is 64.4 Å². The summed E-state index contributed by atoms with van der Waals surface area (Å²) in [6.45, 7) is 8.06. The summed E-state index contributed by atoms with van der Waals surface area (Å²) in [6, 6.07) is 0. The third-order valence-electron chi connectivity index (χ3n) is 4.06. The molecule has 0 atom stereocenters. The Morgan fingerprint density at radius 1 is 1.08 bits per heavy atom. The van der Waals surface area contributed by atoms with E-state index in [1.54, 1.807) is 0 Å². The van der Waals surface area contributed by atoms with Crippen LogP contribution in [0.15, 0.2) is 0 Å². The first-order valence-corrected chi connectivity index (χ1v) is 8.86. The fourth-order valence-electron chi connectivity index (χ4n) is 2.87. The van der Waals surface area contributed by atoms with E-state index in [-0.39, 0.29) is 6.10 Å². The zero-order valence-electron chi connectivity index (χ0n) is 15.2. The molecule has 9 heteroatoms. The van der Waals surface area contributed by atoms with Crippen LogP contribution in [0.2, 0.25) is 0 Å². The topological polar surface area (TPSA) is 125 Å². The van der Waals surface area contributed by atoms with E-state index in [4.69, 9.17) is 34.5 Å². The summed E-state index contributed by atoms with van der Waals surface area (Å²) in [7, 11) is 0. The molecule has 1 aromatic heterocycles. The highest BCUT2D eigenvalue weighted by atomic mass is 16.5. The van der Waals surface area contributed by atoms with Gasteiger partial charge in [-0.2, -0.15) is 4.98 Å². The number of nitrogens with zero attached hydrogens (tertiary/aromatic N) is 3. The number of carboxylic acids is 2. The molecule has 9 nitrogen and oxygen atoms in total. The molecule has 1 fully saturated rings. The number of carbonyl (C=O) groups is 2. The second-order valence-corrected chi connectivity index (χ2v) is 6.48. The number of hydrogen-bond donors (Lipinski definition) is 3. The first kappa shape index (κ1) is 19.9. The van der Waals surface area contributed by atoms with Crippen molar-refractivity contribution >= 4 is 17.9 Å². The molecular weight excluding hydrogens is 340 g/mol. The maximum Gasteiger partial charge on any atom is 0.414 e. The Bertz CT molecular complexity index is 632. The van der Waals surface area contributed by atoms with Gasteiger partial charge in [-0.1, -0.05) is 0 Å². The standard InChI is InChI=1S/C15H24N4O.C2H2O4/c1-11(2)20-14-12-5-3-4-6-13(12)17-15(18-14)19-9-7-16-8-10-19;3-1(4)2(5)6/h11,16H,3-10H2,1-2H3;(H,3,4)(H,5,6). The molecule has 0 radical (unpaired) electrons. The quantitative estimate of drug-likeness (QED) is 0.663. The highest BCUT2D eigenvalue weighted by Gasteiger charge is 2.22. The Kier molecular flexibility index (Phi) is 7.14. The Hall–Kier alpha value is -2.42. The van der Waals surface area contributed by atoms with Crippen LogP contribution < -0.4 is 15.0 Å². The third-order valence-corrected chi connectivity index (χ3v) is 4.06. The summed E-state index contributed by atoms with van der Waals surface area (Å²) < 4.78 is 5.95. The minimum absolute atomic E-state index is 0.159. The van der Waals surface area contributed by atoms with Crippen LogP contribution in [0.1, 0.15) is 37.9 Å². The zero-order valence-corrected chi connectivity index (χ0v) is 15.2. The molecule has 26 heavy (non-hydrogen) atoms. The molecule has 0 unspecified atom stereocenters. The van der Waals surface area contributed by atoms with Crippen molar-refractivity contribution in [2.75, 3.05) is 31.1 Å². The number of fused-ring (bicyclic) bond motifs is 1. The lowest BCUT2D eigenvalue weighted by atomic mass is 9.97. The molecule has 2 heterocycles. The maximum absolute atomic E-state index is 9.10. The molecule has 2 aliphatic rings. The fraction of sp³-hybridized carbons (Fsp3) is 0.647. The molecule has 0 spiro atoms. The minimum Gasteiger partial charge on any atom is -0.475 e. The highest BCUT2D eigenvalue weighted by Crippen LogP contribution is 2.29. The monoisotopic (exact) mass is 366 g/mol. The predicted molar refractivity (Wildman–Crippen MR) is 94.8 cm³/mol. The van der Waals surface area contributed by atoms with E-state index in [2.05, 4.69) is 24.1 Å². The number of anilines is 1. The van der Waals surface area contributed by atoms with Gasteiger partial charge in [0.1, 0.15) is 0 Å². The minimum atomic E-state index is -1.82. The summed E-state index contributed by atoms with van der Waals surface area (Å²) in [5.41, 5.74) is 2.44. The van der Waals surface area contributed by atoms with Crippen LogP contribution in [0, 0.1) is 0 Å². The van der Waals surface area contributed by atoms with Gasteiger partial charge in [-0.25, -0.2) is 14.6 Å². The molecule has 1 aromatic rings. The summed E-state index contributed by atoms with van der Waals surface area (Å²) in [5, 5.41) is 18.1. The van der Waals surface area contributed by atoms with Crippen molar-refractivity contribution in [3.8, 4) is 5.88 Å². The summed E-state index contributed by atoms with van der Waals surface area (Å²) in [6.07, 6.45) is 4.72. The highest BCUT2D eigenvalue weighted by molar-refractivity contribution is 6.27. The van der Waals surface area contributed by atoms with Crippen molar-refractivity contribution in [3.63, 3.8) is 0 Å². The van der Waals surface area contributed by atoms with E-state index in [9.17, 15) is 0 Å². The second kappa shape index (κ2) is 9.33. The summed E-state index contributed by atoms with van der Waals surface area (Å²) in [5.74, 6) is -1.98. The van der Waals surface area contributed by atoms with E-state index in [1.165, 1.54) is 24.1 Å². The molecule has 3 rings (SSSR count). The molecular formula is C17H26N4O5. The zero-order chi connectivity index (χ0) is 19.1. The van der Waals surface area contributed by atoms with Crippen LogP contribution in [-0.2, 0) is 22.4 Å². The number of piperazine rings is 1. The van der Waals surface area contributed by atoms with Gasteiger partial charge in [-0.05, 0) is 39.5 Å². The molecule has 144 valence electrons. The number of aliphatic carboxylic acids is 2. The van der Waals surface area contributed by atoms with Crippen LogP contribution in [0.5, 0.6) is 5.88 Å². The molecule has 0 aromatic carbocycles. The van der Waals surface area contributed by atoms with E-state index in [0.29, 0.717) is 0 Å². The van der Waals surface area contributed by atoms with E-state index >= 15 is 0 Å². The molecule has 0 bridgehead atoms. The lowest BCUT2D eigenvalue weighted by Gasteiger charge is -2.29. The second-order valence-electron chi connectivity index (χ2n) is 6.48. The third kappa shape index (κ3) is 5.55. The largest absolute Gasteiger partial charge is 0.475 e. The number of carboxylic acid groups (broad SMARTS) is 2. The van der Waals surface area contributed by atoms with Crippen molar-refractivity contribution in [2.45, 2.75) is 45.6 Å². The van der Waals surface area contributed by atoms with E-state index < -0.39 is 11.9 Å². The first-order valence-electron chi connectivity index (χ1n) is 8.86. The van der Waals surface area contributed by atoms with Gasteiger partial charge in [0.15, 0.2) is 0 Å². The Labute approximate surface area is 152 Å². The number of nitrogens with one attached hydrogen (secondary N) is 1. The van der Waals surface area contributed by atoms with Crippen molar-refractivity contribution < 1.29 is 24.5 Å². The molecule has 0 amide bonds. The smallest absolute Gasteiger partial charge is 0.414 e. The van der Waals surface area contributed by atoms with Crippen LogP contribution >= 0.6 is 0 Å². The normalized spacial score (nSPS) is 16.3. The van der Waals surface area contributed by atoms with Crippen molar-refractivity contribution in [1.29, 1.82) is 0 Å². The van der Waals surface area contributed by atoms with Crippen molar-refractivity contribution in [2.24, 2.45) is 0 Å². The van der Waals surface area contributed by atoms with Gasteiger partial charge in [-0.3, -0.25) is 0 Å². The van der Waals surface area contributed by atoms with Crippen molar-refractivity contribution in [1.82, 2.24) is 15.3 Å². The number of ether oxygens (including phenoxy) is 1. The van der Waals surface area contributed by atoms with Gasteiger partial charge in [0.05, 0.1) is 11.8 Å². The van der Waals surface area contributed by atoms with Gasteiger partial charge in [0.25, 0.3) is 0 Å². The fourth-order valence-corrected chi connectivity index (χ4v) is 2.87. The number of aryl methyl sites for hydroxylation is 1. The van der Waals surface area contributed by atoms with Crippen molar-refractivity contribution in [3.05, 3.63) is 11.3 Å². The Morgan fingerprint density at radius 3 is 2.27 bits per heavy atom. The summed E-state index contributed by atoms with van der Waals surface area (Å²) in [4.78, 5) is 30.0. The predicted octanol–water partition coefficient (Wildman–Crippen LogP) is 0.708. The maximum atomic E-state index is 9.10. The number of hydrogen-bond acceptors (Lipinski definition) is 7. The number of aromatic nitrogens is 2. The van der Waals surface area contributed by atoms with Gasteiger partial charge in [-0.15, -0.1) is 0 Å². The van der Waals surface area contributed by atoms with Gasteiger partial charge in [0.2, 0.25) is 11.8 Å². The Balaban J connectivity index is 0.000000352. The first-order chi connectivity index (χ1) is 12.4. The van der Waals surface area contributed by atoms with E-state index in [1.807, 2.05) is 0 Å². The summed E-state index contributed by atoms with van der Waals surface area (Å²) >= 11 is 0. The average molecular weight is 366 g/mol. The SMILES string of the molecule is CC(C)Oc1nc(N2CCNCC2)nc2c1CCCC2.O=C(O)C(=O)O. The Morgan fingerprint density at radius 2 is 1.69 bits per heavy atom. The molecule has 1 saturated heterocycles. The van der Waals surface area contributed by atoms with E-state index in [0.717, 1.165) is 50.8 Å². The molecule has 1 aliphatic carbocycles. The van der Waals surface area contributed by atoms with Crippen LogP contribution in [0.25, 0.3) is 0 Å². The van der Waals surface area contributed by atoms with Gasteiger partial charge >= 0.3 is 11.9 Å². The average Bonchev–Trinajstić information content (AvgIpc) is 2.62. The lowest BCUT2D eigenvalue weighted by Crippen LogP contribution is -2.44. The van der Waals surface area contributed by atoms with Crippen LogP contribution in [0.3, 0.4) is 0 Å². The van der Waals surface area contributed by atoms with Gasteiger partial charge in [0, 0.05) is 31.7 Å². The lowest BCUT2D eigenvalue weighted by molar-refractivity contribution is -0.159. The molecule has 3 N–H and O–H groups in total. The molecule has 1 aliphatic heterocycles.